The van der Waals surface area contributed by atoms with Crippen LogP contribution >= 0.6 is 11.8 Å². The van der Waals surface area contributed by atoms with Gasteiger partial charge in [-0.25, -0.2) is 4.39 Å². The van der Waals surface area contributed by atoms with Gasteiger partial charge in [-0.1, -0.05) is 6.07 Å². The maximum absolute atomic E-state index is 13.3. The van der Waals surface area contributed by atoms with Crippen LogP contribution in [0.1, 0.15) is 18.4 Å². The summed E-state index contributed by atoms with van der Waals surface area (Å²) in [5, 5.41) is 4.22. The van der Waals surface area contributed by atoms with Gasteiger partial charge in [-0.2, -0.15) is 11.8 Å². The van der Waals surface area contributed by atoms with E-state index in [1.165, 1.54) is 18.4 Å². The van der Waals surface area contributed by atoms with Gasteiger partial charge in [0.15, 0.2) is 0 Å². The number of halogens is 1. The molecule has 3 rings (SSSR count). The zero-order valence-corrected chi connectivity index (χ0v) is 12.0. The van der Waals surface area contributed by atoms with E-state index in [2.05, 4.69) is 22.0 Å². The lowest BCUT2D eigenvalue weighted by atomic mass is 10.2. The predicted octanol–water partition coefficient (Wildman–Crippen LogP) is 2.67. The molecule has 0 unspecified atom stereocenters. The Morgan fingerprint density at radius 3 is 3.00 bits per heavy atom. The molecule has 1 saturated heterocycles. The lowest BCUT2D eigenvalue weighted by Gasteiger charge is -2.24. The van der Waals surface area contributed by atoms with Crippen molar-refractivity contribution in [3.63, 3.8) is 0 Å². The van der Waals surface area contributed by atoms with Gasteiger partial charge in [0.1, 0.15) is 5.82 Å². The number of nitrogens with one attached hydrogen (secondary N) is 1. The third-order valence-corrected chi connectivity index (χ3v) is 5.40. The Bertz CT molecular complexity index is 432. The van der Waals surface area contributed by atoms with E-state index in [0.29, 0.717) is 0 Å². The first-order chi connectivity index (χ1) is 9.33. The van der Waals surface area contributed by atoms with Gasteiger partial charge in [0.2, 0.25) is 0 Å². The Kier molecular flexibility index (Phi) is 4.28. The van der Waals surface area contributed by atoms with Crippen molar-refractivity contribution in [3.05, 3.63) is 29.6 Å². The Morgan fingerprint density at radius 2 is 2.16 bits per heavy atom. The summed E-state index contributed by atoms with van der Waals surface area (Å²) in [6.45, 7) is 4.42. The first kappa shape index (κ1) is 13.3. The molecule has 0 aliphatic carbocycles. The molecule has 2 heterocycles. The molecule has 2 aliphatic rings. The van der Waals surface area contributed by atoms with Gasteiger partial charge in [-0.15, -0.1) is 0 Å². The highest BCUT2D eigenvalue weighted by atomic mass is 32.2. The molecule has 104 valence electrons. The molecular formula is C15H21FN2S. The van der Waals surface area contributed by atoms with Crippen LogP contribution in [0.25, 0.3) is 0 Å². The highest BCUT2D eigenvalue weighted by Crippen LogP contribution is 2.29. The van der Waals surface area contributed by atoms with Gasteiger partial charge in [0, 0.05) is 29.8 Å². The third kappa shape index (κ3) is 3.23. The summed E-state index contributed by atoms with van der Waals surface area (Å²) in [6.07, 6.45) is 3.64. The molecule has 0 radical (unpaired) electrons. The van der Waals surface area contributed by atoms with Gasteiger partial charge >= 0.3 is 0 Å². The fourth-order valence-corrected chi connectivity index (χ4v) is 4.17. The highest BCUT2D eigenvalue weighted by molar-refractivity contribution is 7.99. The SMILES string of the molecule is Fc1ccc2c(c1)N(CCSC1CCNCC1)CC2. The predicted molar refractivity (Wildman–Crippen MR) is 80.7 cm³/mol. The molecule has 4 heteroatoms. The molecule has 0 atom stereocenters. The fourth-order valence-electron chi connectivity index (χ4n) is 2.94. The number of benzene rings is 1. The zero-order chi connectivity index (χ0) is 13.1. The standard InChI is InChI=1S/C15H21FN2S/c16-13-2-1-12-5-8-18(15(12)11-13)9-10-19-14-3-6-17-7-4-14/h1-2,11,14,17H,3-10H2. The normalized spacial score (nSPS) is 19.7. The molecule has 0 amide bonds. The number of piperidine rings is 1. The van der Waals surface area contributed by atoms with Crippen molar-refractivity contribution in [3.8, 4) is 0 Å². The summed E-state index contributed by atoms with van der Waals surface area (Å²) in [5.74, 6) is 1.04. The number of nitrogens with zero attached hydrogens (tertiary/aromatic N) is 1. The van der Waals surface area contributed by atoms with Gasteiger partial charge < -0.3 is 10.2 Å². The molecule has 1 aromatic carbocycles. The Labute approximate surface area is 118 Å². The second-order valence-electron chi connectivity index (χ2n) is 5.33. The van der Waals surface area contributed by atoms with Gasteiger partial charge in [-0.3, -0.25) is 0 Å². The summed E-state index contributed by atoms with van der Waals surface area (Å²) in [7, 11) is 0. The first-order valence-electron chi connectivity index (χ1n) is 7.18. The van der Waals surface area contributed by atoms with Crippen molar-refractivity contribution in [1.82, 2.24) is 5.32 Å². The third-order valence-electron chi connectivity index (χ3n) is 4.04. The smallest absolute Gasteiger partial charge is 0.125 e. The van der Waals surface area contributed by atoms with Crippen molar-refractivity contribution < 1.29 is 4.39 Å². The summed E-state index contributed by atoms with van der Waals surface area (Å²) >= 11 is 2.09. The first-order valence-corrected chi connectivity index (χ1v) is 8.23. The van der Waals surface area contributed by atoms with Crippen molar-refractivity contribution in [2.75, 3.05) is 36.8 Å². The Morgan fingerprint density at radius 1 is 1.32 bits per heavy atom. The number of rotatable bonds is 4. The van der Waals surface area contributed by atoms with Crippen molar-refractivity contribution in [2.24, 2.45) is 0 Å². The maximum Gasteiger partial charge on any atom is 0.125 e. The van der Waals surface area contributed by atoms with Crippen LogP contribution in [0.2, 0.25) is 0 Å². The average molecular weight is 280 g/mol. The Hall–Kier alpha value is -0.740. The second kappa shape index (κ2) is 6.14. The van der Waals surface area contributed by atoms with Gasteiger partial charge in [-0.05, 0) is 50.0 Å². The van der Waals surface area contributed by atoms with E-state index in [-0.39, 0.29) is 5.82 Å². The van der Waals surface area contributed by atoms with Crippen LogP contribution in [0, 0.1) is 5.82 Å². The van der Waals surface area contributed by atoms with Crippen LogP contribution in [0.15, 0.2) is 18.2 Å². The van der Waals surface area contributed by atoms with Crippen molar-refractivity contribution in [2.45, 2.75) is 24.5 Å². The van der Waals surface area contributed by atoms with Gasteiger partial charge in [0.05, 0.1) is 0 Å². The number of hydrogen-bond acceptors (Lipinski definition) is 3. The van der Waals surface area contributed by atoms with Crippen molar-refractivity contribution in [1.29, 1.82) is 0 Å². The molecule has 2 aliphatic heterocycles. The summed E-state index contributed by atoms with van der Waals surface area (Å²) < 4.78 is 13.3. The van der Waals surface area contributed by atoms with Crippen LogP contribution in [-0.2, 0) is 6.42 Å². The molecule has 0 spiro atoms. The summed E-state index contributed by atoms with van der Waals surface area (Å²) in [4.78, 5) is 2.34. The average Bonchev–Trinajstić information content (AvgIpc) is 2.83. The lowest BCUT2D eigenvalue weighted by Crippen LogP contribution is -2.30. The molecule has 0 aromatic heterocycles. The van der Waals surface area contributed by atoms with Crippen LogP contribution in [-0.4, -0.2) is 37.2 Å². The second-order valence-corrected chi connectivity index (χ2v) is 6.74. The zero-order valence-electron chi connectivity index (χ0n) is 11.2. The summed E-state index contributed by atoms with van der Waals surface area (Å²) in [5.41, 5.74) is 2.42. The molecule has 19 heavy (non-hydrogen) atoms. The molecule has 1 fully saturated rings. The van der Waals surface area contributed by atoms with Crippen LogP contribution in [0.3, 0.4) is 0 Å². The van der Waals surface area contributed by atoms with Gasteiger partial charge in [0.25, 0.3) is 0 Å². The van der Waals surface area contributed by atoms with E-state index in [9.17, 15) is 4.39 Å². The minimum Gasteiger partial charge on any atom is -0.370 e. The quantitative estimate of drug-likeness (QED) is 0.913. The molecular weight excluding hydrogens is 259 g/mol. The van der Waals surface area contributed by atoms with E-state index in [1.54, 1.807) is 12.1 Å². The molecule has 0 bridgehead atoms. The topological polar surface area (TPSA) is 15.3 Å². The molecule has 2 nitrogen and oxygen atoms in total. The minimum atomic E-state index is -0.114. The largest absolute Gasteiger partial charge is 0.370 e. The number of hydrogen-bond donors (Lipinski definition) is 1. The van der Waals surface area contributed by atoms with Crippen molar-refractivity contribution >= 4 is 17.4 Å². The van der Waals surface area contributed by atoms with E-state index < -0.39 is 0 Å². The molecule has 1 aromatic rings. The summed E-state index contributed by atoms with van der Waals surface area (Å²) in [6, 6.07) is 5.20. The molecule has 1 N–H and O–H groups in total. The Balaban J connectivity index is 1.50. The van der Waals surface area contributed by atoms with Crippen LogP contribution < -0.4 is 10.2 Å². The number of fused-ring (bicyclic) bond motifs is 1. The van der Waals surface area contributed by atoms with Crippen LogP contribution in [0.4, 0.5) is 10.1 Å². The monoisotopic (exact) mass is 280 g/mol. The van der Waals surface area contributed by atoms with Crippen LogP contribution in [0.5, 0.6) is 0 Å². The van der Waals surface area contributed by atoms with E-state index >= 15 is 0 Å². The van der Waals surface area contributed by atoms with E-state index in [1.807, 2.05) is 6.07 Å². The lowest BCUT2D eigenvalue weighted by molar-refractivity contribution is 0.531. The fraction of sp³-hybridized carbons (Fsp3) is 0.600. The maximum atomic E-state index is 13.3. The number of anilines is 1. The van der Waals surface area contributed by atoms with E-state index in [0.717, 1.165) is 49.3 Å². The number of thioether (sulfide) groups is 1. The highest BCUT2D eigenvalue weighted by Gasteiger charge is 2.20. The van der Waals surface area contributed by atoms with E-state index in [4.69, 9.17) is 0 Å². The minimum absolute atomic E-state index is 0.114. The molecule has 0 saturated carbocycles.